The fourth-order valence-corrected chi connectivity index (χ4v) is 4.02. The summed E-state index contributed by atoms with van der Waals surface area (Å²) < 4.78 is 7.21. The molecule has 2 N–H and O–H groups in total. The normalized spacial score (nSPS) is 11.3. The van der Waals surface area contributed by atoms with Gasteiger partial charge in [0.1, 0.15) is 0 Å². The molecule has 0 saturated carbocycles. The number of hydrogen-bond acceptors (Lipinski definition) is 6. The second-order valence-electron chi connectivity index (χ2n) is 8.79. The van der Waals surface area contributed by atoms with Crippen LogP contribution in [0, 0.1) is 0 Å². The zero-order chi connectivity index (χ0) is 24.6. The molecule has 180 valence electrons. The highest BCUT2D eigenvalue weighted by Crippen LogP contribution is 2.28. The Bertz CT molecular complexity index is 1090. The highest BCUT2D eigenvalue weighted by molar-refractivity contribution is 7.99. The summed E-state index contributed by atoms with van der Waals surface area (Å²) in [6, 6.07) is 17.0. The van der Waals surface area contributed by atoms with E-state index >= 15 is 0 Å². The smallest absolute Gasteiger partial charge is 0.269 e. The summed E-state index contributed by atoms with van der Waals surface area (Å²) >= 11 is 1.27. The second kappa shape index (κ2) is 11.8. The molecule has 0 spiro atoms. The quantitative estimate of drug-likeness (QED) is 0.274. The Balaban J connectivity index is 1.67. The molecule has 2 aromatic carbocycles. The molecule has 0 radical (unpaired) electrons. The second-order valence-corrected chi connectivity index (χ2v) is 9.73. The molecule has 0 bridgehead atoms. The molecular formula is C25H31N5O3S. The van der Waals surface area contributed by atoms with Gasteiger partial charge in [-0.25, -0.2) is 0 Å². The predicted molar refractivity (Wildman–Crippen MR) is 133 cm³/mol. The van der Waals surface area contributed by atoms with Crippen molar-refractivity contribution in [1.29, 1.82) is 0 Å². The van der Waals surface area contributed by atoms with E-state index in [1.165, 1.54) is 17.3 Å². The molecule has 1 aromatic heterocycles. The van der Waals surface area contributed by atoms with Crippen molar-refractivity contribution in [3.63, 3.8) is 0 Å². The van der Waals surface area contributed by atoms with Gasteiger partial charge in [-0.1, -0.05) is 75.0 Å². The third-order valence-electron chi connectivity index (χ3n) is 5.14. The lowest BCUT2D eigenvalue weighted by Gasteiger charge is -2.19. The number of rotatable bonds is 9. The largest absolute Gasteiger partial charge is 0.385 e. The molecule has 0 saturated heterocycles. The number of thioether (sulfide) groups is 1. The van der Waals surface area contributed by atoms with Crippen LogP contribution in [0.5, 0.6) is 0 Å². The Kier molecular flexibility index (Phi) is 8.84. The summed E-state index contributed by atoms with van der Waals surface area (Å²) in [5.74, 6) is 0.122. The Morgan fingerprint density at radius 2 is 1.71 bits per heavy atom. The first kappa shape index (κ1) is 25.5. The maximum Gasteiger partial charge on any atom is 0.269 e. The van der Waals surface area contributed by atoms with E-state index in [0.29, 0.717) is 23.9 Å². The zero-order valence-electron chi connectivity index (χ0n) is 20.0. The van der Waals surface area contributed by atoms with Gasteiger partial charge in [0.05, 0.1) is 5.75 Å². The van der Waals surface area contributed by atoms with E-state index < -0.39 is 0 Å². The van der Waals surface area contributed by atoms with Gasteiger partial charge in [0, 0.05) is 31.4 Å². The van der Waals surface area contributed by atoms with Crippen LogP contribution in [0.25, 0.3) is 11.4 Å². The molecule has 1 heterocycles. The fraction of sp³-hybridized carbons (Fsp3) is 0.360. The summed E-state index contributed by atoms with van der Waals surface area (Å²) in [7, 11) is 1.67. The maximum absolute atomic E-state index is 12.3. The van der Waals surface area contributed by atoms with Crippen LogP contribution in [0.2, 0.25) is 0 Å². The Morgan fingerprint density at radius 1 is 1.00 bits per heavy atom. The number of aromatic nitrogens is 3. The lowest BCUT2D eigenvalue weighted by Crippen LogP contribution is -2.42. The Hall–Kier alpha value is -3.17. The number of nitrogens with one attached hydrogen (secondary N) is 2. The zero-order valence-corrected chi connectivity index (χ0v) is 20.8. The van der Waals surface area contributed by atoms with E-state index in [-0.39, 0.29) is 23.0 Å². The van der Waals surface area contributed by atoms with Gasteiger partial charge in [-0.3, -0.25) is 20.4 Å². The molecule has 0 atom stereocenters. The summed E-state index contributed by atoms with van der Waals surface area (Å²) in [6.07, 6.45) is 0.786. The van der Waals surface area contributed by atoms with Crippen LogP contribution in [-0.2, 0) is 21.5 Å². The molecule has 0 fully saturated rings. The monoisotopic (exact) mass is 481 g/mol. The standard InChI is InChI=1S/C25H31N5O3S/c1-25(2,3)20-13-11-18(12-14-20)22-27-29-24(30(22)15-8-16-33-4)34-17-21(31)26-28-23(32)19-9-6-5-7-10-19/h5-7,9-14H,8,15-17H2,1-4H3,(H,26,31)(H,28,32). The molecule has 34 heavy (non-hydrogen) atoms. The van der Waals surface area contributed by atoms with Crippen LogP contribution in [0.3, 0.4) is 0 Å². The summed E-state index contributed by atoms with van der Waals surface area (Å²) in [6.45, 7) is 7.80. The Labute approximate surface area is 204 Å². The van der Waals surface area contributed by atoms with Crippen molar-refractivity contribution >= 4 is 23.6 Å². The highest BCUT2D eigenvalue weighted by atomic mass is 32.2. The molecular weight excluding hydrogens is 450 g/mol. The summed E-state index contributed by atoms with van der Waals surface area (Å²) in [4.78, 5) is 24.4. The first-order chi connectivity index (χ1) is 16.3. The van der Waals surface area contributed by atoms with Crippen molar-refractivity contribution in [3.05, 3.63) is 65.7 Å². The van der Waals surface area contributed by atoms with Gasteiger partial charge >= 0.3 is 0 Å². The van der Waals surface area contributed by atoms with Crippen LogP contribution >= 0.6 is 11.8 Å². The molecule has 0 unspecified atom stereocenters. The molecule has 0 aliphatic rings. The molecule has 3 rings (SSSR count). The van der Waals surface area contributed by atoms with E-state index in [2.05, 4.69) is 66.1 Å². The van der Waals surface area contributed by atoms with Crippen LogP contribution in [0.1, 0.15) is 43.1 Å². The fourth-order valence-electron chi connectivity index (χ4n) is 3.25. The SMILES string of the molecule is COCCCn1c(SCC(=O)NNC(=O)c2ccccc2)nnc1-c1ccc(C(C)(C)C)cc1. The third-order valence-corrected chi connectivity index (χ3v) is 6.11. The molecule has 8 nitrogen and oxygen atoms in total. The van der Waals surface area contributed by atoms with Crippen molar-refractivity contribution in [1.82, 2.24) is 25.6 Å². The van der Waals surface area contributed by atoms with Gasteiger partial charge < -0.3 is 9.30 Å². The molecule has 2 amide bonds. The predicted octanol–water partition coefficient (Wildman–Crippen LogP) is 3.83. The van der Waals surface area contributed by atoms with Gasteiger partial charge in [-0.05, 0) is 29.5 Å². The number of amides is 2. The van der Waals surface area contributed by atoms with Crippen LogP contribution in [0.15, 0.2) is 59.8 Å². The lowest BCUT2D eigenvalue weighted by molar-refractivity contribution is -0.119. The number of methoxy groups -OCH3 is 1. The topological polar surface area (TPSA) is 98.1 Å². The van der Waals surface area contributed by atoms with Crippen LogP contribution < -0.4 is 10.9 Å². The molecule has 0 aliphatic carbocycles. The third kappa shape index (κ3) is 6.91. The minimum atomic E-state index is -0.373. The number of carbonyl (C=O) groups is 2. The minimum Gasteiger partial charge on any atom is -0.385 e. The van der Waals surface area contributed by atoms with Crippen LogP contribution in [0.4, 0.5) is 0 Å². The summed E-state index contributed by atoms with van der Waals surface area (Å²) in [5.41, 5.74) is 7.61. The van der Waals surface area contributed by atoms with Crippen molar-refractivity contribution in [2.45, 2.75) is 44.3 Å². The minimum absolute atomic E-state index is 0.0645. The highest BCUT2D eigenvalue weighted by Gasteiger charge is 2.18. The first-order valence-corrected chi connectivity index (χ1v) is 12.1. The molecule has 3 aromatic rings. The average molecular weight is 482 g/mol. The maximum atomic E-state index is 12.3. The van der Waals surface area contributed by atoms with E-state index in [0.717, 1.165) is 17.8 Å². The van der Waals surface area contributed by atoms with Crippen molar-refractivity contribution in [3.8, 4) is 11.4 Å². The number of hydrogen-bond donors (Lipinski definition) is 2. The van der Waals surface area contributed by atoms with E-state index in [1.54, 1.807) is 31.4 Å². The van der Waals surface area contributed by atoms with Gasteiger partial charge in [0.2, 0.25) is 5.91 Å². The Morgan fingerprint density at radius 3 is 2.35 bits per heavy atom. The van der Waals surface area contributed by atoms with Crippen molar-refractivity contribution in [2.24, 2.45) is 0 Å². The average Bonchev–Trinajstić information content (AvgIpc) is 3.24. The lowest BCUT2D eigenvalue weighted by atomic mass is 9.87. The van der Waals surface area contributed by atoms with Crippen LogP contribution in [-0.4, -0.2) is 46.0 Å². The first-order valence-electron chi connectivity index (χ1n) is 11.1. The van der Waals surface area contributed by atoms with Gasteiger partial charge in [-0.15, -0.1) is 10.2 Å². The number of nitrogens with zero attached hydrogens (tertiary/aromatic N) is 3. The van der Waals surface area contributed by atoms with Gasteiger partial charge in [0.15, 0.2) is 11.0 Å². The van der Waals surface area contributed by atoms with Gasteiger partial charge in [0.25, 0.3) is 5.91 Å². The van der Waals surface area contributed by atoms with E-state index in [9.17, 15) is 9.59 Å². The van der Waals surface area contributed by atoms with Crippen molar-refractivity contribution in [2.75, 3.05) is 19.5 Å². The molecule has 9 heteroatoms. The van der Waals surface area contributed by atoms with Crippen molar-refractivity contribution < 1.29 is 14.3 Å². The van der Waals surface area contributed by atoms with Gasteiger partial charge in [-0.2, -0.15) is 0 Å². The van der Waals surface area contributed by atoms with E-state index in [4.69, 9.17) is 4.74 Å². The number of hydrazine groups is 1. The number of ether oxygens (including phenoxy) is 1. The van der Waals surface area contributed by atoms with E-state index in [1.807, 2.05) is 10.6 Å². The number of carbonyl (C=O) groups excluding carboxylic acids is 2. The number of benzene rings is 2. The molecule has 0 aliphatic heterocycles. The summed E-state index contributed by atoms with van der Waals surface area (Å²) in [5, 5.41) is 9.36.